The van der Waals surface area contributed by atoms with Crippen molar-refractivity contribution in [2.24, 2.45) is 5.92 Å². The van der Waals surface area contributed by atoms with E-state index in [0.29, 0.717) is 0 Å². The van der Waals surface area contributed by atoms with Crippen molar-refractivity contribution in [3.63, 3.8) is 0 Å². The number of aryl methyl sites for hydroxylation is 1. The van der Waals surface area contributed by atoms with Gasteiger partial charge in [-0.05, 0) is 24.5 Å². The molecule has 0 amide bonds. The lowest BCUT2D eigenvalue weighted by Crippen LogP contribution is -2.04. The van der Waals surface area contributed by atoms with Crippen molar-refractivity contribution in [1.82, 2.24) is 15.0 Å². The minimum absolute atomic E-state index is 0.939. The third kappa shape index (κ3) is 7.17. The molecular formula is C22H37N3. The van der Waals surface area contributed by atoms with Gasteiger partial charge in [-0.2, -0.15) is 0 Å². The second-order valence-electron chi connectivity index (χ2n) is 7.51. The van der Waals surface area contributed by atoms with Crippen molar-refractivity contribution in [3.05, 3.63) is 24.3 Å². The van der Waals surface area contributed by atoms with Crippen LogP contribution >= 0.6 is 0 Å². The average molecular weight is 344 g/mol. The highest BCUT2D eigenvalue weighted by Gasteiger charge is 2.09. The van der Waals surface area contributed by atoms with E-state index in [1.54, 1.807) is 0 Å². The SMILES string of the molecule is CCCCCCCC(CCCC)CCCCn1nnc2ccccc21. The monoisotopic (exact) mass is 343 g/mol. The maximum absolute atomic E-state index is 4.31. The van der Waals surface area contributed by atoms with Crippen molar-refractivity contribution in [2.75, 3.05) is 0 Å². The third-order valence-electron chi connectivity index (χ3n) is 5.33. The average Bonchev–Trinajstić information content (AvgIpc) is 3.05. The maximum atomic E-state index is 4.31. The van der Waals surface area contributed by atoms with Crippen LogP contribution in [0.2, 0.25) is 0 Å². The summed E-state index contributed by atoms with van der Waals surface area (Å²) in [5.41, 5.74) is 2.18. The Balaban J connectivity index is 1.68. The maximum Gasteiger partial charge on any atom is 0.113 e. The van der Waals surface area contributed by atoms with E-state index in [-0.39, 0.29) is 0 Å². The van der Waals surface area contributed by atoms with Crippen LogP contribution in [-0.4, -0.2) is 15.0 Å². The van der Waals surface area contributed by atoms with Crippen LogP contribution in [0, 0.1) is 5.92 Å². The van der Waals surface area contributed by atoms with Crippen LogP contribution in [0.4, 0.5) is 0 Å². The van der Waals surface area contributed by atoms with Crippen molar-refractivity contribution >= 4 is 11.0 Å². The summed E-state index contributed by atoms with van der Waals surface area (Å²) in [6.45, 7) is 5.61. The molecule has 1 aromatic heterocycles. The fourth-order valence-corrected chi connectivity index (χ4v) is 3.74. The molecule has 0 saturated heterocycles. The molecule has 0 aliphatic carbocycles. The highest BCUT2D eigenvalue weighted by atomic mass is 15.4. The quantitative estimate of drug-likeness (QED) is 0.354. The molecule has 0 aliphatic heterocycles. The Kier molecular flexibility index (Phi) is 9.61. The van der Waals surface area contributed by atoms with E-state index < -0.39 is 0 Å². The number of para-hydroxylation sites is 1. The molecular weight excluding hydrogens is 306 g/mol. The lowest BCUT2D eigenvalue weighted by molar-refractivity contribution is 0.368. The number of fused-ring (bicyclic) bond motifs is 1. The number of nitrogens with zero attached hydrogens (tertiary/aromatic N) is 3. The molecule has 140 valence electrons. The summed E-state index contributed by atoms with van der Waals surface area (Å²) < 4.78 is 2.07. The first kappa shape index (κ1) is 19.9. The highest BCUT2D eigenvalue weighted by molar-refractivity contribution is 5.73. The van der Waals surface area contributed by atoms with Crippen LogP contribution in [0.15, 0.2) is 24.3 Å². The summed E-state index contributed by atoms with van der Waals surface area (Å²) >= 11 is 0. The second-order valence-corrected chi connectivity index (χ2v) is 7.51. The Labute approximate surface area is 154 Å². The van der Waals surface area contributed by atoms with Crippen LogP contribution < -0.4 is 0 Å². The van der Waals surface area contributed by atoms with Crippen LogP contribution in [0.3, 0.4) is 0 Å². The van der Waals surface area contributed by atoms with E-state index in [1.807, 2.05) is 12.1 Å². The van der Waals surface area contributed by atoms with Gasteiger partial charge < -0.3 is 0 Å². The molecule has 3 nitrogen and oxygen atoms in total. The Morgan fingerprint density at radius 2 is 1.48 bits per heavy atom. The number of rotatable bonds is 14. The van der Waals surface area contributed by atoms with Crippen molar-refractivity contribution < 1.29 is 0 Å². The molecule has 0 fully saturated rings. The molecule has 0 radical (unpaired) electrons. The Morgan fingerprint density at radius 3 is 2.28 bits per heavy atom. The summed E-state index contributed by atoms with van der Waals surface area (Å²) in [6.07, 6.45) is 16.6. The molecule has 1 unspecified atom stereocenters. The van der Waals surface area contributed by atoms with Crippen LogP contribution in [0.5, 0.6) is 0 Å². The van der Waals surface area contributed by atoms with Crippen molar-refractivity contribution in [3.8, 4) is 0 Å². The molecule has 0 N–H and O–H groups in total. The molecule has 1 atom stereocenters. The number of aromatic nitrogens is 3. The smallest absolute Gasteiger partial charge is 0.113 e. The molecule has 1 aromatic carbocycles. The van der Waals surface area contributed by atoms with Gasteiger partial charge in [0.25, 0.3) is 0 Å². The number of hydrogen-bond acceptors (Lipinski definition) is 2. The summed E-state index contributed by atoms with van der Waals surface area (Å²) in [4.78, 5) is 0. The van der Waals surface area contributed by atoms with E-state index in [9.17, 15) is 0 Å². The van der Waals surface area contributed by atoms with Gasteiger partial charge in [-0.1, -0.05) is 102 Å². The molecule has 0 bridgehead atoms. The van der Waals surface area contributed by atoms with Crippen molar-refractivity contribution in [2.45, 2.75) is 97.4 Å². The number of benzene rings is 1. The minimum atomic E-state index is 0.939. The Morgan fingerprint density at radius 1 is 0.800 bits per heavy atom. The summed E-state index contributed by atoms with van der Waals surface area (Å²) in [7, 11) is 0. The predicted octanol–water partition coefficient (Wildman–Crippen LogP) is 6.77. The topological polar surface area (TPSA) is 30.7 Å². The van der Waals surface area contributed by atoms with Gasteiger partial charge in [0.05, 0.1) is 5.52 Å². The van der Waals surface area contributed by atoms with Gasteiger partial charge >= 0.3 is 0 Å². The van der Waals surface area contributed by atoms with Gasteiger partial charge in [0.15, 0.2) is 0 Å². The zero-order valence-corrected chi connectivity index (χ0v) is 16.4. The first-order valence-corrected chi connectivity index (χ1v) is 10.6. The van der Waals surface area contributed by atoms with Gasteiger partial charge in [-0.3, -0.25) is 0 Å². The van der Waals surface area contributed by atoms with Gasteiger partial charge in [0.2, 0.25) is 0 Å². The molecule has 0 aliphatic rings. The number of hydrogen-bond donors (Lipinski definition) is 0. The van der Waals surface area contributed by atoms with E-state index in [1.165, 1.54) is 82.6 Å². The van der Waals surface area contributed by atoms with Gasteiger partial charge in [0, 0.05) is 6.54 Å². The zero-order valence-electron chi connectivity index (χ0n) is 16.4. The lowest BCUT2D eigenvalue weighted by atomic mass is 9.90. The molecule has 0 spiro atoms. The van der Waals surface area contributed by atoms with Gasteiger partial charge in [0.1, 0.15) is 5.52 Å². The summed E-state index contributed by atoms with van der Waals surface area (Å²) in [6, 6.07) is 8.26. The first-order valence-electron chi connectivity index (χ1n) is 10.6. The summed E-state index contributed by atoms with van der Waals surface area (Å²) in [5.74, 6) is 0.939. The normalized spacial score (nSPS) is 12.7. The largest absolute Gasteiger partial charge is 0.245 e. The third-order valence-corrected chi connectivity index (χ3v) is 5.33. The van der Waals surface area contributed by atoms with E-state index in [2.05, 4.69) is 41.0 Å². The Bertz CT molecular complexity index is 575. The Hall–Kier alpha value is -1.38. The standard InChI is InChI=1S/C22H37N3/c1-3-5-7-8-9-15-20(14-6-4-2)16-12-13-19-25-22-18-11-10-17-21(22)23-24-25/h10-11,17-18,20H,3-9,12-16,19H2,1-2H3. The molecule has 3 heteroatoms. The first-order chi connectivity index (χ1) is 12.3. The molecule has 2 rings (SSSR count). The van der Waals surface area contributed by atoms with Gasteiger partial charge in [-0.25, -0.2) is 4.68 Å². The van der Waals surface area contributed by atoms with E-state index >= 15 is 0 Å². The van der Waals surface area contributed by atoms with Crippen molar-refractivity contribution in [1.29, 1.82) is 0 Å². The molecule has 1 heterocycles. The van der Waals surface area contributed by atoms with Crippen LogP contribution in [0.1, 0.15) is 90.9 Å². The molecule has 2 aromatic rings. The zero-order chi connectivity index (χ0) is 17.7. The van der Waals surface area contributed by atoms with Crippen LogP contribution in [-0.2, 0) is 6.54 Å². The number of unbranched alkanes of at least 4 members (excludes halogenated alkanes) is 6. The lowest BCUT2D eigenvalue weighted by Gasteiger charge is -2.16. The second kappa shape index (κ2) is 12.1. The summed E-state index contributed by atoms with van der Waals surface area (Å²) in [5, 5.41) is 8.56. The van der Waals surface area contributed by atoms with E-state index in [4.69, 9.17) is 0 Å². The predicted molar refractivity (Wildman–Crippen MR) is 108 cm³/mol. The fraction of sp³-hybridized carbons (Fsp3) is 0.727. The minimum Gasteiger partial charge on any atom is -0.245 e. The molecule has 0 saturated carbocycles. The highest BCUT2D eigenvalue weighted by Crippen LogP contribution is 2.23. The van der Waals surface area contributed by atoms with Crippen LogP contribution in [0.25, 0.3) is 11.0 Å². The van der Waals surface area contributed by atoms with E-state index in [0.717, 1.165) is 18.0 Å². The van der Waals surface area contributed by atoms with Gasteiger partial charge in [-0.15, -0.1) is 5.10 Å². The molecule has 25 heavy (non-hydrogen) atoms. The fourth-order valence-electron chi connectivity index (χ4n) is 3.74.